The average Bonchev–Trinajstić information content (AvgIpc) is 2.57. The SMILES string of the molecule is CCCOc1cc2nc(C)cc(O)n2n1. The van der Waals surface area contributed by atoms with Crippen molar-refractivity contribution in [2.24, 2.45) is 0 Å². The fourth-order valence-corrected chi connectivity index (χ4v) is 1.34. The van der Waals surface area contributed by atoms with Crippen molar-refractivity contribution in [2.45, 2.75) is 20.3 Å². The van der Waals surface area contributed by atoms with Crippen molar-refractivity contribution < 1.29 is 9.84 Å². The molecular formula is C10H13N3O2. The lowest BCUT2D eigenvalue weighted by Crippen LogP contribution is -1.96. The first-order valence-corrected chi connectivity index (χ1v) is 4.90. The number of rotatable bonds is 3. The van der Waals surface area contributed by atoms with Crippen LogP contribution in [-0.2, 0) is 0 Å². The number of aromatic nitrogens is 3. The van der Waals surface area contributed by atoms with Crippen LogP contribution in [0.4, 0.5) is 0 Å². The van der Waals surface area contributed by atoms with Crippen LogP contribution in [0.25, 0.3) is 5.65 Å². The molecule has 0 radical (unpaired) electrons. The molecule has 0 aromatic carbocycles. The third-order valence-electron chi connectivity index (χ3n) is 1.97. The van der Waals surface area contributed by atoms with E-state index in [9.17, 15) is 5.11 Å². The van der Waals surface area contributed by atoms with Crippen LogP contribution in [0.15, 0.2) is 12.1 Å². The van der Waals surface area contributed by atoms with Gasteiger partial charge in [0.1, 0.15) is 0 Å². The van der Waals surface area contributed by atoms with Crippen LogP contribution in [-0.4, -0.2) is 26.3 Å². The Balaban J connectivity index is 2.41. The third-order valence-corrected chi connectivity index (χ3v) is 1.97. The van der Waals surface area contributed by atoms with Crippen LogP contribution in [0.3, 0.4) is 0 Å². The number of nitrogens with zero attached hydrogens (tertiary/aromatic N) is 3. The molecule has 0 saturated carbocycles. The van der Waals surface area contributed by atoms with Crippen LogP contribution < -0.4 is 4.74 Å². The molecule has 0 fully saturated rings. The Bertz CT molecular complexity index is 479. The number of ether oxygens (including phenoxy) is 1. The van der Waals surface area contributed by atoms with Gasteiger partial charge in [0.05, 0.1) is 6.61 Å². The number of aromatic hydroxyl groups is 1. The zero-order chi connectivity index (χ0) is 10.8. The van der Waals surface area contributed by atoms with Gasteiger partial charge in [0.2, 0.25) is 11.8 Å². The van der Waals surface area contributed by atoms with Gasteiger partial charge in [0, 0.05) is 17.8 Å². The van der Waals surface area contributed by atoms with E-state index < -0.39 is 0 Å². The Morgan fingerprint density at radius 1 is 1.47 bits per heavy atom. The normalized spacial score (nSPS) is 10.8. The van der Waals surface area contributed by atoms with E-state index in [1.54, 1.807) is 12.1 Å². The van der Waals surface area contributed by atoms with Crippen molar-refractivity contribution >= 4 is 5.65 Å². The predicted molar refractivity (Wildman–Crippen MR) is 55.2 cm³/mol. The van der Waals surface area contributed by atoms with E-state index in [1.807, 2.05) is 13.8 Å². The molecule has 2 rings (SSSR count). The van der Waals surface area contributed by atoms with Crippen molar-refractivity contribution in [1.29, 1.82) is 0 Å². The number of hydrogen-bond acceptors (Lipinski definition) is 4. The number of hydrogen-bond donors (Lipinski definition) is 1. The van der Waals surface area contributed by atoms with Crippen LogP contribution in [0.5, 0.6) is 11.8 Å². The van der Waals surface area contributed by atoms with Crippen LogP contribution in [0, 0.1) is 6.92 Å². The fraction of sp³-hybridized carbons (Fsp3) is 0.400. The second kappa shape index (κ2) is 3.76. The zero-order valence-electron chi connectivity index (χ0n) is 8.77. The second-order valence-electron chi connectivity index (χ2n) is 3.36. The molecule has 80 valence electrons. The van der Waals surface area contributed by atoms with E-state index in [1.165, 1.54) is 4.52 Å². The molecule has 2 aromatic rings. The van der Waals surface area contributed by atoms with E-state index in [0.717, 1.165) is 12.1 Å². The molecule has 0 unspecified atom stereocenters. The quantitative estimate of drug-likeness (QED) is 0.829. The highest BCUT2D eigenvalue weighted by Crippen LogP contribution is 2.17. The second-order valence-corrected chi connectivity index (χ2v) is 3.36. The smallest absolute Gasteiger partial charge is 0.235 e. The van der Waals surface area contributed by atoms with Crippen molar-refractivity contribution in [3.8, 4) is 11.8 Å². The van der Waals surface area contributed by atoms with Crippen molar-refractivity contribution in [1.82, 2.24) is 14.6 Å². The molecule has 15 heavy (non-hydrogen) atoms. The molecule has 1 N–H and O–H groups in total. The minimum absolute atomic E-state index is 0.0730. The average molecular weight is 207 g/mol. The van der Waals surface area contributed by atoms with E-state index in [4.69, 9.17) is 4.74 Å². The summed E-state index contributed by atoms with van der Waals surface area (Å²) in [4.78, 5) is 4.23. The van der Waals surface area contributed by atoms with Crippen molar-refractivity contribution in [2.75, 3.05) is 6.61 Å². The van der Waals surface area contributed by atoms with Gasteiger partial charge >= 0.3 is 0 Å². The lowest BCUT2D eigenvalue weighted by molar-refractivity contribution is 0.302. The maximum absolute atomic E-state index is 9.60. The summed E-state index contributed by atoms with van der Waals surface area (Å²) in [6.45, 7) is 4.46. The molecule has 0 saturated heterocycles. The molecule has 0 bridgehead atoms. The topological polar surface area (TPSA) is 59.7 Å². The van der Waals surface area contributed by atoms with Gasteiger partial charge in [-0.1, -0.05) is 6.92 Å². The van der Waals surface area contributed by atoms with E-state index in [-0.39, 0.29) is 5.88 Å². The first-order valence-electron chi connectivity index (χ1n) is 4.90. The van der Waals surface area contributed by atoms with E-state index >= 15 is 0 Å². The largest absolute Gasteiger partial charge is 0.493 e. The lowest BCUT2D eigenvalue weighted by Gasteiger charge is -1.98. The summed E-state index contributed by atoms with van der Waals surface area (Å²) in [5, 5.41) is 13.7. The lowest BCUT2D eigenvalue weighted by atomic mass is 10.4. The van der Waals surface area contributed by atoms with Gasteiger partial charge in [0.15, 0.2) is 5.65 Å². The zero-order valence-corrected chi connectivity index (χ0v) is 8.77. The van der Waals surface area contributed by atoms with Gasteiger partial charge in [-0.25, -0.2) is 4.98 Å². The molecule has 2 heterocycles. The van der Waals surface area contributed by atoms with E-state index in [0.29, 0.717) is 18.1 Å². The van der Waals surface area contributed by atoms with Crippen molar-refractivity contribution in [3.63, 3.8) is 0 Å². The highest BCUT2D eigenvalue weighted by atomic mass is 16.5. The molecular weight excluding hydrogens is 194 g/mol. The molecule has 0 atom stereocenters. The molecule has 0 aliphatic heterocycles. The summed E-state index contributed by atoms with van der Waals surface area (Å²) in [5.41, 5.74) is 1.35. The summed E-state index contributed by atoms with van der Waals surface area (Å²) >= 11 is 0. The predicted octanol–water partition coefficient (Wildman–Crippen LogP) is 1.53. The summed E-state index contributed by atoms with van der Waals surface area (Å²) in [7, 11) is 0. The molecule has 0 aliphatic rings. The first-order chi connectivity index (χ1) is 7.20. The first kappa shape index (κ1) is 9.76. The molecule has 2 aromatic heterocycles. The van der Waals surface area contributed by atoms with Crippen LogP contribution in [0.1, 0.15) is 19.0 Å². The van der Waals surface area contributed by atoms with Crippen LogP contribution in [0.2, 0.25) is 0 Å². The summed E-state index contributed by atoms with van der Waals surface area (Å²) in [6.07, 6.45) is 0.923. The molecule has 5 nitrogen and oxygen atoms in total. The van der Waals surface area contributed by atoms with Crippen LogP contribution >= 0.6 is 0 Å². The van der Waals surface area contributed by atoms with Gasteiger partial charge in [-0.3, -0.25) is 0 Å². The Labute approximate surface area is 87.3 Å². The van der Waals surface area contributed by atoms with Gasteiger partial charge in [0.25, 0.3) is 0 Å². The minimum Gasteiger partial charge on any atom is -0.493 e. The fourth-order valence-electron chi connectivity index (χ4n) is 1.34. The summed E-state index contributed by atoms with van der Waals surface area (Å²) in [5.74, 6) is 0.564. The standard InChI is InChI=1S/C10H13N3O2/c1-3-4-15-9-6-8-11-7(2)5-10(14)13(8)12-9/h5-6,14H,3-4H2,1-2H3. The highest BCUT2D eigenvalue weighted by Gasteiger charge is 2.07. The molecule has 0 amide bonds. The van der Waals surface area contributed by atoms with Crippen molar-refractivity contribution in [3.05, 3.63) is 17.8 Å². The molecule has 0 spiro atoms. The Morgan fingerprint density at radius 2 is 2.27 bits per heavy atom. The minimum atomic E-state index is 0.0730. The highest BCUT2D eigenvalue weighted by molar-refractivity contribution is 5.44. The maximum Gasteiger partial charge on any atom is 0.235 e. The third kappa shape index (κ3) is 1.86. The van der Waals surface area contributed by atoms with Gasteiger partial charge in [-0.2, -0.15) is 4.52 Å². The molecule has 5 heteroatoms. The Morgan fingerprint density at radius 3 is 3.00 bits per heavy atom. The van der Waals surface area contributed by atoms with E-state index in [2.05, 4.69) is 10.1 Å². The maximum atomic E-state index is 9.60. The van der Waals surface area contributed by atoms with Gasteiger partial charge < -0.3 is 9.84 Å². The summed E-state index contributed by atoms with van der Waals surface area (Å²) in [6, 6.07) is 3.27. The van der Waals surface area contributed by atoms with Gasteiger partial charge in [-0.15, -0.1) is 5.10 Å². The summed E-state index contributed by atoms with van der Waals surface area (Å²) < 4.78 is 6.71. The van der Waals surface area contributed by atoms with Gasteiger partial charge in [-0.05, 0) is 13.3 Å². The Kier molecular flexibility index (Phi) is 2.45. The Hall–Kier alpha value is -1.78. The number of aryl methyl sites for hydroxylation is 1. The molecule has 0 aliphatic carbocycles. The number of fused-ring (bicyclic) bond motifs is 1. The monoisotopic (exact) mass is 207 g/mol.